The van der Waals surface area contributed by atoms with Gasteiger partial charge in [-0.15, -0.1) is 17.7 Å². The molecule has 1 aliphatic rings. The Hall–Kier alpha value is -3.27. The molecule has 47 heavy (non-hydrogen) atoms. The number of aliphatic hydroxyl groups is 1. The number of pyridine rings is 1. The number of para-hydroxylation sites is 1. The van der Waals surface area contributed by atoms with E-state index in [1.165, 1.54) is 33.5 Å². The van der Waals surface area contributed by atoms with Crippen LogP contribution in [0.3, 0.4) is 0 Å². The SMILES string of the molecule is CCC(CC)C(=O)/C=C(\O)C(CC)CC.Cc1c[c-]c2c3c1oc1c(C(C)(C)C)ccc(c13)C(C)(C)c1cc3ccccc3nc1-2.[Ir]. The van der Waals surface area contributed by atoms with E-state index in [2.05, 4.69) is 96.1 Å². The van der Waals surface area contributed by atoms with Crippen molar-refractivity contribution in [2.75, 3.05) is 0 Å². The minimum Gasteiger partial charge on any atom is -0.512 e. The first-order valence-electron chi connectivity index (χ1n) is 17.0. The fourth-order valence-electron chi connectivity index (χ4n) is 7.04. The van der Waals surface area contributed by atoms with E-state index in [1.807, 2.05) is 27.7 Å². The topological polar surface area (TPSA) is 63.3 Å². The van der Waals surface area contributed by atoms with Crippen molar-refractivity contribution in [3.05, 3.63) is 88.7 Å². The third-order valence-electron chi connectivity index (χ3n) is 10.1. The van der Waals surface area contributed by atoms with Crippen LogP contribution in [0.2, 0.25) is 0 Å². The van der Waals surface area contributed by atoms with Crippen LogP contribution in [0.15, 0.2) is 64.8 Å². The van der Waals surface area contributed by atoms with Gasteiger partial charge in [0, 0.05) is 43.4 Å². The van der Waals surface area contributed by atoms with Gasteiger partial charge in [0.25, 0.3) is 0 Å². The van der Waals surface area contributed by atoms with E-state index < -0.39 is 0 Å². The van der Waals surface area contributed by atoms with Gasteiger partial charge in [0.1, 0.15) is 5.58 Å². The van der Waals surface area contributed by atoms with Crippen LogP contribution >= 0.6 is 0 Å². The maximum absolute atomic E-state index is 11.7. The summed E-state index contributed by atoms with van der Waals surface area (Å²) in [7, 11) is 0. The van der Waals surface area contributed by atoms with E-state index in [4.69, 9.17) is 9.40 Å². The predicted molar refractivity (Wildman–Crippen MR) is 193 cm³/mol. The van der Waals surface area contributed by atoms with Crippen molar-refractivity contribution in [2.45, 2.75) is 106 Å². The Kier molecular flexibility index (Phi) is 10.9. The van der Waals surface area contributed by atoms with Crippen molar-refractivity contribution >= 4 is 38.6 Å². The van der Waals surface area contributed by atoms with Crippen molar-refractivity contribution in [3.8, 4) is 11.3 Å². The molecule has 0 atom stereocenters. The molecule has 6 rings (SSSR count). The van der Waals surface area contributed by atoms with Crippen LogP contribution in [-0.4, -0.2) is 15.9 Å². The average molecular weight is 809 g/mol. The van der Waals surface area contributed by atoms with Gasteiger partial charge in [-0.05, 0) is 64.8 Å². The Morgan fingerprint density at radius 1 is 0.936 bits per heavy atom. The van der Waals surface area contributed by atoms with Gasteiger partial charge in [0.05, 0.1) is 16.9 Å². The van der Waals surface area contributed by atoms with Gasteiger partial charge in [-0.3, -0.25) is 9.78 Å². The summed E-state index contributed by atoms with van der Waals surface area (Å²) in [6.07, 6.45) is 4.91. The maximum atomic E-state index is 11.7. The predicted octanol–water partition coefficient (Wildman–Crippen LogP) is 11.7. The summed E-state index contributed by atoms with van der Waals surface area (Å²) in [5, 5.41) is 13.3. The normalized spacial score (nSPS) is 13.9. The van der Waals surface area contributed by atoms with Crippen LogP contribution in [0.1, 0.15) is 110 Å². The second kappa shape index (κ2) is 14.1. The van der Waals surface area contributed by atoms with Gasteiger partial charge < -0.3 is 9.52 Å². The van der Waals surface area contributed by atoms with Gasteiger partial charge >= 0.3 is 0 Å². The Morgan fingerprint density at radius 2 is 1.57 bits per heavy atom. The number of carbonyl (C=O) groups is 1. The molecule has 0 saturated carbocycles. The summed E-state index contributed by atoms with van der Waals surface area (Å²) in [5.74, 6) is 0.547. The van der Waals surface area contributed by atoms with Crippen molar-refractivity contribution < 1.29 is 34.4 Å². The fourth-order valence-corrected chi connectivity index (χ4v) is 7.04. The summed E-state index contributed by atoms with van der Waals surface area (Å²) >= 11 is 0. The molecule has 251 valence electrons. The zero-order valence-corrected chi connectivity index (χ0v) is 32.1. The fraction of sp³-hybridized carbons (Fsp3) is 0.429. The molecule has 1 aliphatic carbocycles. The Morgan fingerprint density at radius 3 is 2.19 bits per heavy atom. The third kappa shape index (κ3) is 6.59. The molecule has 0 unspecified atom stereocenters. The standard InChI is InChI=1S/C29H26NO.C13H24O2.Ir/c1-16-11-12-18-23-24-19(13-14-20(28(2,3)4)27(24)31-26(16)23)29(5,6)21-15-17-9-7-8-10-22(17)30-25(18)21;1-5-10(6-2)12(14)9-13(15)11(7-3)8-4;/h7-11,13-15H,1-6H3;9-11,14H,5-8H2,1-4H3;/q-1;;/b;12-9-;. The number of benzene rings is 3. The summed E-state index contributed by atoms with van der Waals surface area (Å²) in [5.41, 5.74) is 9.71. The van der Waals surface area contributed by atoms with E-state index in [1.54, 1.807) is 0 Å². The van der Waals surface area contributed by atoms with Crippen LogP contribution in [-0.2, 0) is 35.7 Å². The molecule has 0 fully saturated rings. The first-order chi connectivity index (χ1) is 21.8. The smallest absolute Gasteiger partial charge is 0.162 e. The van der Waals surface area contributed by atoms with Crippen LogP contribution in [0.5, 0.6) is 0 Å². The third-order valence-corrected chi connectivity index (χ3v) is 10.1. The number of fused-ring (bicyclic) bond motifs is 3. The monoisotopic (exact) mass is 809 g/mol. The Bertz CT molecular complexity index is 1950. The Labute approximate surface area is 294 Å². The van der Waals surface area contributed by atoms with Crippen molar-refractivity contribution in [1.82, 2.24) is 4.98 Å². The summed E-state index contributed by atoms with van der Waals surface area (Å²) < 4.78 is 6.65. The number of hydrogen-bond acceptors (Lipinski definition) is 4. The van der Waals surface area contributed by atoms with Crippen LogP contribution in [0.4, 0.5) is 0 Å². The molecule has 0 aliphatic heterocycles. The number of aryl methyl sites for hydroxylation is 1. The second-order valence-electron chi connectivity index (χ2n) is 14.5. The number of hydrogen-bond donors (Lipinski definition) is 1. The van der Waals surface area contributed by atoms with Crippen LogP contribution in [0, 0.1) is 24.8 Å². The molecule has 0 bridgehead atoms. The number of aliphatic hydroxyl groups excluding tert-OH is 1. The van der Waals surface area contributed by atoms with Gasteiger partial charge in [0.2, 0.25) is 0 Å². The number of allylic oxidation sites excluding steroid dienone is 2. The molecule has 0 saturated heterocycles. The molecule has 4 nitrogen and oxygen atoms in total. The molecule has 3 aromatic carbocycles. The van der Waals surface area contributed by atoms with Gasteiger partial charge in [-0.25, -0.2) is 0 Å². The number of rotatable bonds is 7. The molecule has 5 aromatic rings. The largest absolute Gasteiger partial charge is 0.512 e. The molecular formula is C42H50IrNO3-. The van der Waals surface area contributed by atoms with E-state index in [9.17, 15) is 9.90 Å². The summed E-state index contributed by atoms with van der Waals surface area (Å²) in [4.78, 5) is 16.9. The first-order valence-corrected chi connectivity index (χ1v) is 17.0. The van der Waals surface area contributed by atoms with Gasteiger partial charge in [-0.2, -0.15) is 0 Å². The number of nitrogens with zero attached hydrogens (tertiary/aromatic N) is 1. The molecular weight excluding hydrogens is 759 g/mol. The maximum Gasteiger partial charge on any atom is 0.162 e. The van der Waals surface area contributed by atoms with E-state index in [0.29, 0.717) is 0 Å². The number of furan rings is 1. The number of aromatic nitrogens is 1. The molecule has 2 heterocycles. The zero-order valence-electron chi connectivity index (χ0n) is 29.7. The first kappa shape index (κ1) is 36.6. The van der Waals surface area contributed by atoms with Crippen LogP contribution in [0.25, 0.3) is 44.1 Å². The van der Waals surface area contributed by atoms with Crippen molar-refractivity contribution in [3.63, 3.8) is 0 Å². The average Bonchev–Trinajstić information content (AvgIpc) is 3.39. The molecule has 0 amide bonds. The second-order valence-corrected chi connectivity index (χ2v) is 14.5. The number of carbonyl (C=O) groups excluding carboxylic acids is 1. The molecule has 5 heteroatoms. The minimum absolute atomic E-state index is 0. The van der Waals surface area contributed by atoms with E-state index in [-0.39, 0.29) is 54.3 Å². The zero-order chi connectivity index (χ0) is 33.6. The van der Waals surface area contributed by atoms with Crippen molar-refractivity contribution in [1.29, 1.82) is 0 Å². The van der Waals surface area contributed by atoms with Crippen LogP contribution < -0.4 is 0 Å². The van der Waals surface area contributed by atoms with Gasteiger partial charge in [0.15, 0.2) is 5.78 Å². The molecule has 1 N–H and O–H groups in total. The van der Waals surface area contributed by atoms with Crippen molar-refractivity contribution in [2.24, 2.45) is 11.8 Å². The van der Waals surface area contributed by atoms with E-state index >= 15 is 0 Å². The van der Waals surface area contributed by atoms with Gasteiger partial charge in [-0.1, -0.05) is 122 Å². The molecule has 0 spiro atoms. The molecule has 2 aromatic heterocycles. The summed E-state index contributed by atoms with van der Waals surface area (Å²) in [6, 6.07) is 20.9. The van der Waals surface area contributed by atoms with E-state index in [0.717, 1.165) is 64.6 Å². The summed E-state index contributed by atoms with van der Waals surface area (Å²) in [6.45, 7) is 21.6. The Balaban J connectivity index is 0.000000269. The number of ketones is 1. The minimum atomic E-state index is -0.224. The molecule has 1 radical (unpaired) electrons. The quantitative estimate of drug-likeness (QED) is 0.101.